The summed E-state index contributed by atoms with van der Waals surface area (Å²) in [4.78, 5) is 4.58. The molecule has 7 heteroatoms. The van der Waals surface area contributed by atoms with Gasteiger partial charge in [0.25, 0.3) is 0 Å². The van der Waals surface area contributed by atoms with Gasteiger partial charge in [-0.15, -0.1) is 0 Å². The molecule has 2 aromatic rings. The van der Waals surface area contributed by atoms with Gasteiger partial charge in [-0.3, -0.25) is 4.68 Å². The van der Waals surface area contributed by atoms with Crippen molar-refractivity contribution in [2.45, 2.75) is 32.7 Å². The number of aryl methyl sites for hydroxylation is 1. The predicted octanol–water partition coefficient (Wildman–Crippen LogP) is 3.25. The second kappa shape index (κ2) is 8.34. The lowest BCUT2D eigenvalue weighted by Crippen LogP contribution is -2.43. The third-order valence-corrected chi connectivity index (χ3v) is 4.19. The average Bonchev–Trinajstić information content (AvgIpc) is 2.95. The number of rotatable bonds is 6. The first-order valence-corrected chi connectivity index (χ1v) is 8.65. The number of halogens is 2. The van der Waals surface area contributed by atoms with Gasteiger partial charge >= 0.3 is 0 Å². The van der Waals surface area contributed by atoms with Crippen LogP contribution in [0.1, 0.15) is 31.9 Å². The van der Waals surface area contributed by atoms with Crippen LogP contribution in [0.2, 0.25) is 5.02 Å². The van der Waals surface area contributed by atoms with E-state index in [-0.39, 0.29) is 11.2 Å². The molecular formula is C18H25ClFN5. The van der Waals surface area contributed by atoms with Crippen molar-refractivity contribution in [1.82, 2.24) is 20.4 Å². The smallest absolute Gasteiger partial charge is 0.191 e. The van der Waals surface area contributed by atoms with Crippen LogP contribution in [0, 0.1) is 5.82 Å². The van der Waals surface area contributed by atoms with E-state index in [1.54, 1.807) is 16.9 Å². The van der Waals surface area contributed by atoms with Gasteiger partial charge in [0, 0.05) is 42.3 Å². The highest BCUT2D eigenvalue weighted by Crippen LogP contribution is 2.29. The molecule has 0 saturated carbocycles. The lowest BCUT2D eigenvalue weighted by Gasteiger charge is -2.27. The van der Waals surface area contributed by atoms with Gasteiger partial charge in [-0.25, -0.2) is 9.38 Å². The van der Waals surface area contributed by atoms with E-state index in [9.17, 15) is 4.39 Å². The summed E-state index contributed by atoms with van der Waals surface area (Å²) in [7, 11) is 1.88. The number of guanidine groups is 1. The Labute approximate surface area is 153 Å². The summed E-state index contributed by atoms with van der Waals surface area (Å²) in [6.07, 6.45) is 3.74. The average molecular weight is 366 g/mol. The van der Waals surface area contributed by atoms with Crippen LogP contribution < -0.4 is 10.6 Å². The van der Waals surface area contributed by atoms with Crippen LogP contribution in [0.3, 0.4) is 0 Å². The highest BCUT2D eigenvalue weighted by atomic mass is 35.5. The van der Waals surface area contributed by atoms with E-state index < -0.39 is 0 Å². The summed E-state index contributed by atoms with van der Waals surface area (Å²) in [6, 6.07) is 4.52. The van der Waals surface area contributed by atoms with Crippen LogP contribution in [0.5, 0.6) is 0 Å². The first kappa shape index (κ1) is 19.2. The highest BCUT2D eigenvalue weighted by molar-refractivity contribution is 6.31. The van der Waals surface area contributed by atoms with Gasteiger partial charge < -0.3 is 10.6 Å². The van der Waals surface area contributed by atoms with Gasteiger partial charge in [-0.2, -0.15) is 5.10 Å². The first-order valence-electron chi connectivity index (χ1n) is 8.27. The molecule has 2 rings (SSSR count). The summed E-state index contributed by atoms with van der Waals surface area (Å²) in [6.45, 7) is 8.05. The first-order chi connectivity index (χ1) is 11.8. The minimum absolute atomic E-state index is 0.282. The second-order valence-electron chi connectivity index (χ2n) is 6.58. The largest absolute Gasteiger partial charge is 0.357 e. The summed E-state index contributed by atoms with van der Waals surface area (Å²) in [5.41, 5.74) is 1.65. The van der Waals surface area contributed by atoms with E-state index in [0.29, 0.717) is 18.1 Å². The molecule has 0 aliphatic carbocycles. The van der Waals surface area contributed by atoms with Crippen molar-refractivity contribution in [1.29, 1.82) is 0 Å². The van der Waals surface area contributed by atoms with Crippen molar-refractivity contribution in [2.75, 3.05) is 13.1 Å². The molecule has 0 bridgehead atoms. The molecule has 0 radical (unpaired) electrons. The van der Waals surface area contributed by atoms with E-state index in [2.05, 4.69) is 34.6 Å². The monoisotopic (exact) mass is 365 g/mol. The molecule has 136 valence electrons. The molecule has 0 spiro atoms. The summed E-state index contributed by atoms with van der Waals surface area (Å²) in [5.74, 6) is 0.390. The van der Waals surface area contributed by atoms with Crippen molar-refractivity contribution in [3.05, 3.63) is 52.6 Å². The molecule has 5 nitrogen and oxygen atoms in total. The number of nitrogens with one attached hydrogen (secondary N) is 2. The van der Waals surface area contributed by atoms with Crippen molar-refractivity contribution < 1.29 is 4.39 Å². The molecule has 1 aromatic carbocycles. The van der Waals surface area contributed by atoms with Crippen LogP contribution in [0.15, 0.2) is 35.6 Å². The number of nitrogens with zero attached hydrogens (tertiary/aromatic N) is 3. The van der Waals surface area contributed by atoms with Crippen molar-refractivity contribution in [3.63, 3.8) is 0 Å². The minimum atomic E-state index is -0.330. The van der Waals surface area contributed by atoms with E-state index in [0.717, 1.165) is 23.6 Å². The highest BCUT2D eigenvalue weighted by Gasteiger charge is 2.24. The van der Waals surface area contributed by atoms with Gasteiger partial charge in [0.2, 0.25) is 0 Å². The Kier molecular flexibility index (Phi) is 6.42. The number of aliphatic imine (C=N–C) groups is 1. The normalized spacial score (nSPS) is 12.3. The maximum atomic E-state index is 13.3. The Bertz CT molecular complexity index is 739. The third-order valence-electron chi connectivity index (χ3n) is 3.88. The molecule has 0 atom stereocenters. The number of hydrogen-bond acceptors (Lipinski definition) is 2. The Morgan fingerprint density at radius 2 is 2.12 bits per heavy atom. The second-order valence-corrected chi connectivity index (χ2v) is 6.99. The van der Waals surface area contributed by atoms with Crippen molar-refractivity contribution in [2.24, 2.45) is 12.0 Å². The minimum Gasteiger partial charge on any atom is -0.357 e. The number of hydrogen-bond donors (Lipinski definition) is 2. The number of benzene rings is 1. The Morgan fingerprint density at radius 1 is 1.36 bits per heavy atom. The molecule has 0 amide bonds. The molecular weight excluding hydrogens is 341 g/mol. The van der Waals surface area contributed by atoms with Crippen LogP contribution in [0.25, 0.3) is 0 Å². The van der Waals surface area contributed by atoms with Gasteiger partial charge in [-0.05, 0) is 24.6 Å². The predicted molar refractivity (Wildman–Crippen MR) is 100 cm³/mol. The Morgan fingerprint density at radius 3 is 2.72 bits per heavy atom. The van der Waals surface area contributed by atoms with Crippen molar-refractivity contribution in [3.8, 4) is 0 Å². The summed E-state index contributed by atoms with van der Waals surface area (Å²) < 4.78 is 15.0. The molecule has 25 heavy (non-hydrogen) atoms. The maximum absolute atomic E-state index is 13.3. The van der Waals surface area contributed by atoms with Gasteiger partial charge in [0.05, 0.1) is 12.7 Å². The fourth-order valence-corrected chi connectivity index (χ4v) is 2.93. The third kappa shape index (κ3) is 5.46. The van der Waals surface area contributed by atoms with Crippen LogP contribution in [-0.4, -0.2) is 28.8 Å². The zero-order valence-corrected chi connectivity index (χ0v) is 15.9. The number of aromatic nitrogens is 2. The van der Waals surface area contributed by atoms with Crippen LogP contribution in [-0.2, 0) is 19.0 Å². The zero-order chi connectivity index (χ0) is 18.4. The Hall–Kier alpha value is -2.08. The Balaban J connectivity index is 2.05. The lowest BCUT2D eigenvalue weighted by atomic mass is 9.84. The van der Waals surface area contributed by atoms with Crippen LogP contribution in [0.4, 0.5) is 4.39 Å². The molecule has 0 aliphatic heterocycles. The van der Waals surface area contributed by atoms with E-state index in [1.165, 1.54) is 12.1 Å². The quantitative estimate of drug-likeness (QED) is 0.610. The lowest BCUT2D eigenvalue weighted by molar-refractivity contribution is 0.507. The van der Waals surface area contributed by atoms with E-state index in [4.69, 9.17) is 11.6 Å². The summed E-state index contributed by atoms with van der Waals surface area (Å²) >= 11 is 6.21. The molecule has 1 aromatic heterocycles. The SMILES string of the molecule is CCNC(=NCc1cnn(C)c1)NCC(C)(C)c1ccc(F)cc1Cl. The fraction of sp³-hybridized carbons (Fsp3) is 0.444. The van der Waals surface area contributed by atoms with Gasteiger partial charge in [-0.1, -0.05) is 31.5 Å². The molecule has 2 N–H and O–H groups in total. The van der Waals surface area contributed by atoms with Gasteiger partial charge in [0.1, 0.15) is 5.82 Å². The molecule has 1 heterocycles. The van der Waals surface area contributed by atoms with E-state index >= 15 is 0 Å². The fourth-order valence-electron chi connectivity index (χ4n) is 2.50. The van der Waals surface area contributed by atoms with E-state index in [1.807, 2.05) is 20.2 Å². The summed E-state index contributed by atoms with van der Waals surface area (Å²) in [5, 5.41) is 11.1. The standard InChI is InChI=1S/C18H25ClFN5/c1-5-21-17(22-9-13-10-24-25(4)11-13)23-12-18(2,3)15-7-6-14(20)8-16(15)19/h6-8,10-11H,5,9,12H2,1-4H3,(H2,21,22,23). The molecule has 0 aliphatic rings. The van der Waals surface area contributed by atoms with Gasteiger partial charge in [0.15, 0.2) is 5.96 Å². The molecule has 0 unspecified atom stereocenters. The topological polar surface area (TPSA) is 54.2 Å². The molecule has 0 saturated heterocycles. The zero-order valence-electron chi connectivity index (χ0n) is 15.1. The van der Waals surface area contributed by atoms with Crippen molar-refractivity contribution >= 4 is 17.6 Å². The molecule has 0 fully saturated rings. The maximum Gasteiger partial charge on any atom is 0.191 e. The van der Waals surface area contributed by atoms with Crippen LogP contribution >= 0.6 is 11.6 Å².